The molecule has 1 saturated carbocycles. The molecule has 1 fully saturated rings. The van der Waals surface area contributed by atoms with Crippen molar-refractivity contribution in [3.63, 3.8) is 0 Å². The number of rotatable bonds is 5. The molecular formula is C17H31N3. The average Bonchev–Trinajstić information content (AvgIpc) is 2.71. The molecule has 1 aliphatic carbocycles. The molecule has 0 aromatic carbocycles. The summed E-state index contributed by atoms with van der Waals surface area (Å²) >= 11 is 0. The van der Waals surface area contributed by atoms with Crippen LogP contribution in [-0.4, -0.2) is 22.4 Å². The lowest BCUT2D eigenvalue weighted by atomic mass is 9.65. The maximum Gasteiger partial charge on any atom is 0.0628 e. The highest BCUT2D eigenvalue weighted by Crippen LogP contribution is 2.45. The lowest BCUT2D eigenvalue weighted by Gasteiger charge is -2.45. The van der Waals surface area contributed by atoms with E-state index in [1.165, 1.54) is 30.5 Å². The second kappa shape index (κ2) is 5.88. The van der Waals surface area contributed by atoms with Gasteiger partial charge < -0.3 is 5.32 Å². The van der Waals surface area contributed by atoms with Crippen molar-refractivity contribution >= 4 is 0 Å². The predicted molar refractivity (Wildman–Crippen MR) is 85.2 cm³/mol. The normalized spacial score (nSPS) is 26.6. The summed E-state index contributed by atoms with van der Waals surface area (Å²) in [5, 5.41) is 8.44. The summed E-state index contributed by atoms with van der Waals surface area (Å²) in [5.74, 6) is 1.48. The smallest absolute Gasteiger partial charge is 0.0628 e. The Kier molecular flexibility index (Phi) is 4.58. The third kappa shape index (κ3) is 2.93. The maximum absolute atomic E-state index is 4.74. The number of hydrogen-bond donors (Lipinski definition) is 1. The fourth-order valence-corrected chi connectivity index (χ4v) is 3.38. The molecule has 1 aromatic heterocycles. The third-order valence-electron chi connectivity index (χ3n) is 4.69. The number of nitrogens with one attached hydrogen (secondary N) is 1. The maximum atomic E-state index is 4.74. The summed E-state index contributed by atoms with van der Waals surface area (Å²) < 4.78 is 2.14. The first kappa shape index (κ1) is 15.6. The van der Waals surface area contributed by atoms with Crippen LogP contribution in [0.3, 0.4) is 0 Å². The summed E-state index contributed by atoms with van der Waals surface area (Å²) in [4.78, 5) is 0. The van der Waals surface area contributed by atoms with Crippen molar-refractivity contribution in [1.82, 2.24) is 15.1 Å². The zero-order valence-electron chi connectivity index (χ0n) is 14.0. The molecule has 3 heteroatoms. The lowest BCUT2D eigenvalue weighted by Crippen LogP contribution is -2.49. The van der Waals surface area contributed by atoms with E-state index in [0.717, 1.165) is 12.5 Å². The minimum absolute atomic E-state index is 0.0777. The molecule has 2 rings (SSSR count). The fourth-order valence-electron chi connectivity index (χ4n) is 3.38. The molecule has 3 nitrogen and oxygen atoms in total. The Bertz CT molecular complexity index is 442. The van der Waals surface area contributed by atoms with Crippen LogP contribution in [0.5, 0.6) is 0 Å². The first-order valence-electron chi connectivity index (χ1n) is 8.18. The number of hydrogen-bond acceptors (Lipinski definition) is 2. The average molecular weight is 277 g/mol. The van der Waals surface area contributed by atoms with E-state index in [2.05, 4.69) is 57.7 Å². The van der Waals surface area contributed by atoms with Crippen molar-refractivity contribution in [3.05, 3.63) is 17.5 Å². The zero-order chi connectivity index (χ0) is 14.9. The molecule has 0 amide bonds. The van der Waals surface area contributed by atoms with Crippen molar-refractivity contribution in [2.75, 3.05) is 6.54 Å². The molecule has 0 spiro atoms. The highest BCUT2D eigenvalue weighted by Gasteiger charge is 2.41. The second-order valence-electron chi connectivity index (χ2n) is 7.26. The topological polar surface area (TPSA) is 29.9 Å². The standard InChI is InChI=1S/C17H31N3/c1-7-9-18-16-10-14(13(16)8-2)15-11-20(17(4,5)6)19-12(15)3/h11,13-14,16,18H,7-10H2,1-6H3. The van der Waals surface area contributed by atoms with Gasteiger partial charge in [-0.25, -0.2) is 0 Å². The van der Waals surface area contributed by atoms with E-state index >= 15 is 0 Å². The molecular weight excluding hydrogens is 246 g/mol. The molecule has 20 heavy (non-hydrogen) atoms. The van der Waals surface area contributed by atoms with Crippen molar-refractivity contribution in [3.8, 4) is 0 Å². The van der Waals surface area contributed by atoms with Crippen LogP contribution < -0.4 is 5.32 Å². The molecule has 0 radical (unpaired) electrons. The number of aryl methyl sites for hydroxylation is 1. The summed E-state index contributed by atoms with van der Waals surface area (Å²) in [6.07, 6.45) is 6.04. The van der Waals surface area contributed by atoms with Crippen LogP contribution in [0.4, 0.5) is 0 Å². The SMILES string of the molecule is CCCNC1CC(c2cn(C(C)(C)C)nc2C)C1CC. The van der Waals surface area contributed by atoms with Gasteiger partial charge in [-0.15, -0.1) is 0 Å². The molecule has 114 valence electrons. The minimum Gasteiger partial charge on any atom is -0.314 e. The quantitative estimate of drug-likeness (QED) is 0.886. The Morgan fingerprint density at radius 3 is 2.55 bits per heavy atom. The van der Waals surface area contributed by atoms with Gasteiger partial charge in [-0.3, -0.25) is 4.68 Å². The Morgan fingerprint density at radius 2 is 2.05 bits per heavy atom. The Hall–Kier alpha value is -0.830. The summed E-state index contributed by atoms with van der Waals surface area (Å²) in [5.41, 5.74) is 2.77. The molecule has 0 bridgehead atoms. The van der Waals surface area contributed by atoms with E-state index < -0.39 is 0 Å². The summed E-state index contributed by atoms with van der Waals surface area (Å²) in [7, 11) is 0. The Labute approximate surface area is 124 Å². The van der Waals surface area contributed by atoms with Crippen LogP contribution in [-0.2, 0) is 5.54 Å². The largest absolute Gasteiger partial charge is 0.314 e. The molecule has 0 aliphatic heterocycles. The van der Waals surface area contributed by atoms with Crippen LogP contribution in [0.1, 0.15) is 71.1 Å². The summed E-state index contributed by atoms with van der Waals surface area (Å²) in [6.45, 7) is 14.5. The van der Waals surface area contributed by atoms with Gasteiger partial charge in [0.25, 0.3) is 0 Å². The molecule has 3 unspecified atom stereocenters. The lowest BCUT2D eigenvalue weighted by molar-refractivity contribution is 0.160. The molecule has 1 aromatic rings. The molecule has 3 atom stereocenters. The Balaban J connectivity index is 2.11. The third-order valence-corrected chi connectivity index (χ3v) is 4.69. The van der Waals surface area contributed by atoms with Gasteiger partial charge >= 0.3 is 0 Å². The Morgan fingerprint density at radius 1 is 1.35 bits per heavy atom. The molecule has 1 aliphatic rings. The monoisotopic (exact) mass is 277 g/mol. The molecule has 0 saturated heterocycles. The van der Waals surface area contributed by atoms with Crippen molar-refractivity contribution in [2.45, 2.75) is 78.3 Å². The van der Waals surface area contributed by atoms with E-state index in [-0.39, 0.29) is 5.54 Å². The number of nitrogens with zero attached hydrogens (tertiary/aromatic N) is 2. The highest BCUT2D eigenvalue weighted by molar-refractivity contribution is 5.26. The van der Waals surface area contributed by atoms with Crippen LogP contribution in [0.15, 0.2) is 6.20 Å². The minimum atomic E-state index is 0.0777. The van der Waals surface area contributed by atoms with Gasteiger partial charge in [-0.05, 0) is 64.5 Å². The van der Waals surface area contributed by atoms with Crippen molar-refractivity contribution in [2.24, 2.45) is 5.92 Å². The predicted octanol–water partition coefficient (Wildman–Crippen LogP) is 3.83. The van der Waals surface area contributed by atoms with Gasteiger partial charge in [0.1, 0.15) is 0 Å². The van der Waals surface area contributed by atoms with Gasteiger partial charge in [0.15, 0.2) is 0 Å². The van der Waals surface area contributed by atoms with E-state index in [4.69, 9.17) is 5.10 Å². The van der Waals surface area contributed by atoms with E-state index in [1.54, 1.807) is 0 Å². The van der Waals surface area contributed by atoms with Gasteiger partial charge in [-0.1, -0.05) is 20.3 Å². The first-order chi connectivity index (χ1) is 9.38. The van der Waals surface area contributed by atoms with E-state index in [9.17, 15) is 0 Å². The second-order valence-corrected chi connectivity index (χ2v) is 7.26. The van der Waals surface area contributed by atoms with Crippen LogP contribution in [0.25, 0.3) is 0 Å². The van der Waals surface area contributed by atoms with Gasteiger partial charge in [-0.2, -0.15) is 5.10 Å². The van der Waals surface area contributed by atoms with Crippen molar-refractivity contribution in [1.29, 1.82) is 0 Å². The van der Waals surface area contributed by atoms with E-state index in [1.807, 2.05) is 0 Å². The fraction of sp³-hybridized carbons (Fsp3) is 0.824. The molecule has 1 heterocycles. The highest BCUT2D eigenvalue weighted by atomic mass is 15.3. The zero-order valence-corrected chi connectivity index (χ0v) is 14.0. The van der Waals surface area contributed by atoms with Gasteiger partial charge in [0, 0.05) is 12.2 Å². The number of aromatic nitrogens is 2. The first-order valence-corrected chi connectivity index (χ1v) is 8.18. The van der Waals surface area contributed by atoms with Crippen molar-refractivity contribution < 1.29 is 0 Å². The van der Waals surface area contributed by atoms with E-state index in [0.29, 0.717) is 12.0 Å². The van der Waals surface area contributed by atoms with Crippen LogP contribution in [0, 0.1) is 12.8 Å². The van der Waals surface area contributed by atoms with Gasteiger partial charge in [0.2, 0.25) is 0 Å². The molecule has 1 N–H and O–H groups in total. The van der Waals surface area contributed by atoms with Crippen LogP contribution >= 0.6 is 0 Å². The summed E-state index contributed by atoms with van der Waals surface area (Å²) in [6, 6.07) is 0.710. The van der Waals surface area contributed by atoms with Crippen LogP contribution in [0.2, 0.25) is 0 Å². The van der Waals surface area contributed by atoms with Gasteiger partial charge in [0.05, 0.1) is 11.2 Å².